The molecule has 2 aliphatic carbocycles. The summed E-state index contributed by atoms with van der Waals surface area (Å²) in [6.45, 7) is 1.68. The summed E-state index contributed by atoms with van der Waals surface area (Å²) in [4.78, 5) is 0.426. The molecule has 1 aromatic carbocycles. The number of rotatable bonds is 5. The third-order valence-electron chi connectivity index (χ3n) is 4.97. The predicted molar refractivity (Wildman–Crippen MR) is 86.3 cm³/mol. The molecule has 21 heavy (non-hydrogen) atoms. The molecule has 0 radical (unpaired) electrons. The van der Waals surface area contributed by atoms with Crippen molar-refractivity contribution < 1.29 is 8.42 Å². The molecular weight excluding hydrogens is 282 g/mol. The van der Waals surface area contributed by atoms with E-state index in [1.165, 1.54) is 38.5 Å². The molecule has 1 aromatic rings. The highest BCUT2D eigenvalue weighted by Crippen LogP contribution is 2.44. The van der Waals surface area contributed by atoms with Crippen LogP contribution < -0.4 is 5.32 Å². The fraction of sp³-hybridized carbons (Fsp3) is 0.647. The molecule has 0 aromatic heterocycles. The van der Waals surface area contributed by atoms with Crippen LogP contribution in [-0.2, 0) is 9.84 Å². The summed E-state index contributed by atoms with van der Waals surface area (Å²) in [7, 11) is -3.09. The van der Waals surface area contributed by atoms with Gasteiger partial charge in [-0.15, -0.1) is 0 Å². The van der Waals surface area contributed by atoms with E-state index in [-0.39, 0.29) is 5.75 Å². The molecule has 2 fully saturated rings. The minimum absolute atomic E-state index is 0.158. The minimum atomic E-state index is -3.09. The van der Waals surface area contributed by atoms with Crippen molar-refractivity contribution in [2.75, 3.05) is 11.1 Å². The summed E-state index contributed by atoms with van der Waals surface area (Å²) in [5, 5.41) is 3.60. The Bertz CT molecular complexity index is 575. The van der Waals surface area contributed by atoms with Crippen LogP contribution in [0, 0.1) is 11.8 Å². The van der Waals surface area contributed by atoms with Gasteiger partial charge in [0.2, 0.25) is 0 Å². The van der Waals surface area contributed by atoms with Crippen molar-refractivity contribution >= 4 is 15.5 Å². The van der Waals surface area contributed by atoms with E-state index >= 15 is 0 Å². The van der Waals surface area contributed by atoms with Crippen molar-refractivity contribution in [2.45, 2.75) is 56.4 Å². The van der Waals surface area contributed by atoms with Crippen molar-refractivity contribution in [2.24, 2.45) is 11.8 Å². The third-order valence-corrected chi connectivity index (χ3v) is 6.72. The lowest BCUT2D eigenvalue weighted by atomic mass is 9.82. The van der Waals surface area contributed by atoms with Gasteiger partial charge in [-0.25, -0.2) is 8.42 Å². The van der Waals surface area contributed by atoms with E-state index in [0.717, 1.165) is 17.5 Å². The van der Waals surface area contributed by atoms with Crippen LogP contribution in [0.5, 0.6) is 0 Å². The van der Waals surface area contributed by atoms with Gasteiger partial charge >= 0.3 is 0 Å². The zero-order valence-corrected chi connectivity index (χ0v) is 13.5. The first-order valence-corrected chi connectivity index (χ1v) is 9.83. The number of sulfone groups is 1. The molecule has 1 N–H and O–H groups in total. The molecule has 2 aliphatic rings. The maximum atomic E-state index is 11.8. The summed E-state index contributed by atoms with van der Waals surface area (Å²) in [5.74, 6) is 2.06. The molecule has 0 amide bonds. The summed E-state index contributed by atoms with van der Waals surface area (Å²) >= 11 is 0. The van der Waals surface area contributed by atoms with E-state index in [4.69, 9.17) is 0 Å². The summed E-state index contributed by atoms with van der Waals surface area (Å²) in [6, 6.07) is 7.81. The summed E-state index contributed by atoms with van der Waals surface area (Å²) in [5.41, 5.74) is 1.05. The Morgan fingerprint density at radius 1 is 1.05 bits per heavy atom. The molecule has 2 saturated carbocycles. The first-order chi connectivity index (χ1) is 10.1. The lowest BCUT2D eigenvalue weighted by Gasteiger charge is -2.30. The van der Waals surface area contributed by atoms with E-state index < -0.39 is 9.84 Å². The van der Waals surface area contributed by atoms with Gasteiger partial charge in [-0.1, -0.05) is 19.8 Å². The van der Waals surface area contributed by atoms with Crippen LogP contribution in [0.25, 0.3) is 0 Å². The number of nitrogens with one attached hydrogen (secondary N) is 1. The zero-order chi connectivity index (χ0) is 14.9. The molecule has 0 aliphatic heterocycles. The van der Waals surface area contributed by atoms with E-state index in [9.17, 15) is 8.42 Å². The van der Waals surface area contributed by atoms with Gasteiger partial charge in [0.1, 0.15) is 0 Å². The molecule has 2 atom stereocenters. The third kappa shape index (κ3) is 3.60. The SMILES string of the molecule is CCS(=O)(=O)c1ccc(NC2CCCC(C3CC3)C2)cc1. The van der Waals surface area contributed by atoms with Gasteiger partial charge in [0.15, 0.2) is 9.84 Å². The van der Waals surface area contributed by atoms with E-state index in [1.807, 2.05) is 12.1 Å². The van der Waals surface area contributed by atoms with Gasteiger partial charge < -0.3 is 5.32 Å². The molecule has 0 saturated heterocycles. The molecule has 116 valence electrons. The van der Waals surface area contributed by atoms with Crippen LogP contribution in [0.15, 0.2) is 29.2 Å². The second-order valence-corrected chi connectivity index (χ2v) is 8.81. The smallest absolute Gasteiger partial charge is 0.178 e. The predicted octanol–water partition coefficient (Wildman–Crippen LogP) is 3.86. The summed E-state index contributed by atoms with van der Waals surface area (Å²) in [6.07, 6.45) is 8.09. The van der Waals surface area contributed by atoms with Crippen LogP contribution in [0.1, 0.15) is 45.4 Å². The molecule has 2 unspecified atom stereocenters. The lowest BCUT2D eigenvalue weighted by molar-refractivity contribution is 0.303. The van der Waals surface area contributed by atoms with Gasteiger partial charge in [-0.2, -0.15) is 0 Å². The number of hydrogen-bond acceptors (Lipinski definition) is 3. The van der Waals surface area contributed by atoms with Gasteiger partial charge in [-0.3, -0.25) is 0 Å². The second kappa shape index (κ2) is 5.99. The van der Waals surface area contributed by atoms with Gasteiger partial charge in [-0.05, 0) is 61.8 Å². The maximum Gasteiger partial charge on any atom is 0.178 e. The van der Waals surface area contributed by atoms with Crippen LogP contribution in [-0.4, -0.2) is 20.2 Å². The van der Waals surface area contributed by atoms with Crippen molar-refractivity contribution in [1.82, 2.24) is 0 Å². The van der Waals surface area contributed by atoms with Crippen molar-refractivity contribution in [3.05, 3.63) is 24.3 Å². The van der Waals surface area contributed by atoms with Crippen molar-refractivity contribution in [3.63, 3.8) is 0 Å². The molecule has 3 nitrogen and oxygen atoms in total. The fourth-order valence-electron chi connectivity index (χ4n) is 3.52. The number of hydrogen-bond donors (Lipinski definition) is 1. The van der Waals surface area contributed by atoms with Crippen LogP contribution in [0.4, 0.5) is 5.69 Å². The van der Waals surface area contributed by atoms with Gasteiger partial charge in [0.05, 0.1) is 10.6 Å². The minimum Gasteiger partial charge on any atom is -0.382 e. The Hall–Kier alpha value is -1.03. The molecular formula is C17H25NO2S. The van der Waals surface area contributed by atoms with Crippen LogP contribution >= 0.6 is 0 Å². The highest BCUT2D eigenvalue weighted by atomic mass is 32.2. The zero-order valence-electron chi connectivity index (χ0n) is 12.7. The molecule has 0 spiro atoms. The molecule has 0 bridgehead atoms. The Balaban J connectivity index is 1.62. The first kappa shape index (κ1) is 14.9. The van der Waals surface area contributed by atoms with Crippen molar-refractivity contribution in [3.8, 4) is 0 Å². The fourth-order valence-corrected chi connectivity index (χ4v) is 4.40. The van der Waals surface area contributed by atoms with E-state index in [1.54, 1.807) is 19.1 Å². The number of anilines is 1. The normalized spacial score (nSPS) is 26.5. The molecule has 3 rings (SSSR count). The average Bonchev–Trinajstić information content (AvgIpc) is 3.33. The standard InChI is InChI=1S/C17H25NO2S/c1-2-21(19,20)17-10-8-15(9-11-17)18-16-5-3-4-14(12-16)13-6-7-13/h8-11,13-14,16,18H,2-7,12H2,1H3. The Labute approximate surface area is 128 Å². The van der Waals surface area contributed by atoms with Crippen LogP contribution in [0.2, 0.25) is 0 Å². The number of benzene rings is 1. The Morgan fingerprint density at radius 2 is 1.76 bits per heavy atom. The highest BCUT2D eigenvalue weighted by molar-refractivity contribution is 7.91. The van der Waals surface area contributed by atoms with Crippen LogP contribution in [0.3, 0.4) is 0 Å². The maximum absolute atomic E-state index is 11.8. The molecule has 0 heterocycles. The quantitative estimate of drug-likeness (QED) is 0.898. The van der Waals surface area contributed by atoms with E-state index in [0.29, 0.717) is 10.9 Å². The van der Waals surface area contributed by atoms with Crippen molar-refractivity contribution in [1.29, 1.82) is 0 Å². The first-order valence-electron chi connectivity index (χ1n) is 8.18. The van der Waals surface area contributed by atoms with Gasteiger partial charge in [0.25, 0.3) is 0 Å². The largest absolute Gasteiger partial charge is 0.382 e. The average molecular weight is 307 g/mol. The highest BCUT2D eigenvalue weighted by Gasteiger charge is 2.34. The van der Waals surface area contributed by atoms with E-state index in [2.05, 4.69) is 5.32 Å². The topological polar surface area (TPSA) is 46.2 Å². The Kier molecular flexibility index (Phi) is 4.25. The van der Waals surface area contributed by atoms with Gasteiger partial charge in [0, 0.05) is 11.7 Å². The summed E-state index contributed by atoms with van der Waals surface area (Å²) < 4.78 is 23.6. The monoisotopic (exact) mass is 307 g/mol. The lowest BCUT2D eigenvalue weighted by Crippen LogP contribution is -2.28. The second-order valence-electron chi connectivity index (χ2n) is 6.53. The molecule has 4 heteroatoms. The Morgan fingerprint density at radius 3 is 2.38 bits per heavy atom.